The zero-order valence-corrected chi connectivity index (χ0v) is 20.1. The van der Waals surface area contributed by atoms with Crippen LogP contribution in [-0.2, 0) is 6.54 Å². The Bertz CT molecular complexity index is 1510. The lowest BCUT2D eigenvalue weighted by Gasteiger charge is -2.11. The van der Waals surface area contributed by atoms with Crippen molar-refractivity contribution in [3.63, 3.8) is 0 Å². The molecule has 0 aliphatic heterocycles. The third kappa shape index (κ3) is 4.61. The van der Waals surface area contributed by atoms with Crippen LogP contribution in [-0.4, -0.2) is 30.7 Å². The fourth-order valence-corrected chi connectivity index (χ4v) is 4.50. The van der Waals surface area contributed by atoms with Gasteiger partial charge in [0.1, 0.15) is 11.4 Å². The van der Waals surface area contributed by atoms with E-state index in [0.717, 1.165) is 16.8 Å². The first-order valence-corrected chi connectivity index (χ1v) is 11.5. The molecule has 0 saturated heterocycles. The van der Waals surface area contributed by atoms with Crippen LogP contribution in [0.2, 0.25) is 5.02 Å². The van der Waals surface area contributed by atoms with E-state index in [9.17, 15) is 4.79 Å². The molecule has 0 radical (unpaired) electrons. The van der Waals surface area contributed by atoms with Crippen molar-refractivity contribution in [1.82, 2.24) is 25.0 Å². The van der Waals surface area contributed by atoms with Gasteiger partial charge in [0.05, 0.1) is 22.8 Å². The molecule has 0 amide bonds. The molecular formula is C28H22ClN5O. The molecule has 2 aromatic carbocycles. The molecule has 0 aliphatic rings. The van der Waals surface area contributed by atoms with Crippen LogP contribution in [0.15, 0.2) is 85.3 Å². The molecule has 7 heteroatoms. The van der Waals surface area contributed by atoms with Crippen molar-refractivity contribution in [3.8, 4) is 22.6 Å². The van der Waals surface area contributed by atoms with E-state index in [1.54, 1.807) is 55.0 Å². The molecule has 35 heavy (non-hydrogen) atoms. The van der Waals surface area contributed by atoms with Gasteiger partial charge in [0, 0.05) is 29.7 Å². The Kier molecular flexibility index (Phi) is 6.21. The van der Waals surface area contributed by atoms with E-state index >= 15 is 0 Å². The summed E-state index contributed by atoms with van der Waals surface area (Å²) in [5.74, 6) is -0.219. The monoisotopic (exact) mass is 479 g/mol. The first-order valence-electron chi connectivity index (χ1n) is 11.2. The van der Waals surface area contributed by atoms with Gasteiger partial charge in [-0.3, -0.25) is 14.8 Å². The predicted octanol–water partition coefficient (Wildman–Crippen LogP) is 5.95. The second-order valence-electron chi connectivity index (χ2n) is 8.38. The Balaban J connectivity index is 1.67. The van der Waals surface area contributed by atoms with E-state index in [4.69, 9.17) is 11.6 Å². The van der Waals surface area contributed by atoms with E-state index < -0.39 is 0 Å². The minimum absolute atomic E-state index is 0.219. The Morgan fingerprint density at radius 1 is 0.857 bits per heavy atom. The van der Waals surface area contributed by atoms with Gasteiger partial charge < -0.3 is 0 Å². The summed E-state index contributed by atoms with van der Waals surface area (Å²) in [5, 5.41) is 9.38. The fourth-order valence-electron chi connectivity index (χ4n) is 4.28. The lowest BCUT2D eigenvalue weighted by atomic mass is 9.98. The average Bonchev–Trinajstić information content (AvgIpc) is 3.27. The van der Waals surface area contributed by atoms with Crippen LogP contribution in [0.1, 0.15) is 32.6 Å². The molecular weight excluding hydrogens is 458 g/mol. The highest BCUT2D eigenvalue weighted by Gasteiger charge is 2.24. The van der Waals surface area contributed by atoms with Crippen LogP contribution in [0.25, 0.3) is 22.6 Å². The Morgan fingerprint density at radius 2 is 1.57 bits per heavy atom. The number of ketones is 1. The molecule has 0 atom stereocenters. The number of nitrogens with zero attached hydrogens (tertiary/aromatic N) is 5. The van der Waals surface area contributed by atoms with Gasteiger partial charge in [-0.2, -0.15) is 0 Å². The van der Waals surface area contributed by atoms with Gasteiger partial charge in [-0.1, -0.05) is 58.3 Å². The summed E-state index contributed by atoms with van der Waals surface area (Å²) < 4.78 is 1.84. The first-order chi connectivity index (χ1) is 17.0. The molecule has 3 aromatic heterocycles. The number of carbonyl (C=O) groups is 1. The van der Waals surface area contributed by atoms with E-state index in [1.165, 1.54) is 11.1 Å². The maximum absolute atomic E-state index is 13.5. The third-order valence-corrected chi connectivity index (χ3v) is 6.03. The van der Waals surface area contributed by atoms with Gasteiger partial charge in [0.2, 0.25) is 0 Å². The summed E-state index contributed by atoms with van der Waals surface area (Å²) >= 11 is 6.33. The summed E-state index contributed by atoms with van der Waals surface area (Å²) in [5.41, 5.74) is 6.93. The lowest BCUT2D eigenvalue weighted by Crippen LogP contribution is -2.07. The zero-order chi connectivity index (χ0) is 24.4. The van der Waals surface area contributed by atoms with E-state index in [2.05, 4.69) is 52.3 Å². The molecule has 0 bridgehead atoms. The topological polar surface area (TPSA) is 73.6 Å². The minimum atomic E-state index is -0.219. The number of benzene rings is 2. The molecule has 0 spiro atoms. The highest BCUT2D eigenvalue weighted by molar-refractivity contribution is 6.35. The van der Waals surface area contributed by atoms with Crippen LogP contribution in [0.3, 0.4) is 0 Å². The van der Waals surface area contributed by atoms with Crippen molar-refractivity contribution in [2.75, 3.05) is 0 Å². The van der Waals surface area contributed by atoms with Crippen LogP contribution in [0, 0.1) is 13.8 Å². The molecule has 3 heterocycles. The highest BCUT2D eigenvalue weighted by Crippen LogP contribution is 2.33. The standard InChI is InChI=1S/C28H22ClN5O/c1-18-14-19(2)16-20(15-18)17-34-27(21-9-12-30-13-10-21)26(32-33-34)25-23(7-5-11-31-25)28(35)22-6-3-4-8-24(22)29/h3-16H,17H2,1-2H3. The van der Waals surface area contributed by atoms with E-state index in [-0.39, 0.29) is 5.78 Å². The number of hydrogen-bond acceptors (Lipinski definition) is 5. The molecule has 0 saturated carbocycles. The third-order valence-electron chi connectivity index (χ3n) is 5.70. The Morgan fingerprint density at radius 3 is 2.31 bits per heavy atom. The van der Waals surface area contributed by atoms with Gasteiger partial charge in [0.15, 0.2) is 5.78 Å². The number of aryl methyl sites for hydroxylation is 2. The van der Waals surface area contributed by atoms with Gasteiger partial charge in [-0.15, -0.1) is 5.10 Å². The number of rotatable bonds is 6. The molecule has 5 aromatic rings. The quantitative estimate of drug-likeness (QED) is 0.281. The second-order valence-corrected chi connectivity index (χ2v) is 8.79. The number of hydrogen-bond donors (Lipinski definition) is 0. The van der Waals surface area contributed by atoms with Crippen molar-refractivity contribution in [1.29, 1.82) is 0 Å². The molecule has 172 valence electrons. The van der Waals surface area contributed by atoms with Crippen LogP contribution < -0.4 is 0 Å². The van der Waals surface area contributed by atoms with Crippen molar-refractivity contribution in [2.45, 2.75) is 20.4 Å². The van der Waals surface area contributed by atoms with Crippen molar-refractivity contribution in [2.24, 2.45) is 0 Å². The number of aromatic nitrogens is 5. The first kappa shape index (κ1) is 22.6. The SMILES string of the molecule is Cc1cc(C)cc(Cn2nnc(-c3ncccc3C(=O)c3ccccc3Cl)c2-c2ccncc2)c1. The Hall–Kier alpha value is -4.16. The molecule has 5 rings (SSSR count). The maximum Gasteiger partial charge on any atom is 0.196 e. The summed E-state index contributed by atoms with van der Waals surface area (Å²) in [6.07, 6.45) is 5.10. The van der Waals surface area contributed by atoms with Crippen molar-refractivity contribution < 1.29 is 4.79 Å². The highest BCUT2D eigenvalue weighted by atomic mass is 35.5. The second kappa shape index (κ2) is 9.60. The van der Waals surface area contributed by atoms with Crippen LogP contribution >= 0.6 is 11.6 Å². The summed E-state index contributed by atoms with van der Waals surface area (Å²) in [4.78, 5) is 22.2. The van der Waals surface area contributed by atoms with Crippen LogP contribution in [0.5, 0.6) is 0 Å². The minimum Gasteiger partial charge on any atom is -0.288 e. The van der Waals surface area contributed by atoms with Gasteiger partial charge >= 0.3 is 0 Å². The normalized spacial score (nSPS) is 10.9. The van der Waals surface area contributed by atoms with Crippen molar-refractivity contribution in [3.05, 3.63) is 118 Å². The summed E-state index contributed by atoms with van der Waals surface area (Å²) in [7, 11) is 0. The average molecular weight is 480 g/mol. The lowest BCUT2D eigenvalue weighted by molar-refractivity contribution is 0.103. The molecule has 0 fully saturated rings. The Labute approximate surface area is 208 Å². The van der Waals surface area contributed by atoms with E-state index in [0.29, 0.717) is 34.1 Å². The zero-order valence-electron chi connectivity index (χ0n) is 19.3. The number of halogens is 1. The maximum atomic E-state index is 13.5. The van der Waals surface area contributed by atoms with Crippen LogP contribution in [0.4, 0.5) is 0 Å². The van der Waals surface area contributed by atoms with Gasteiger partial charge in [-0.25, -0.2) is 4.68 Å². The van der Waals surface area contributed by atoms with Crippen molar-refractivity contribution >= 4 is 17.4 Å². The number of pyridine rings is 2. The van der Waals surface area contributed by atoms with E-state index in [1.807, 2.05) is 16.8 Å². The summed E-state index contributed by atoms with van der Waals surface area (Å²) in [6, 6.07) is 20.7. The van der Waals surface area contributed by atoms with Gasteiger partial charge in [-0.05, 0) is 55.8 Å². The smallest absolute Gasteiger partial charge is 0.196 e. The molecule has 0 unspecified atom stereocenters. The predicted molar refractivity (Wildman–Crippen MR) is 136 cm³/mol. The molecule has 6 nitrogen and oxygen atoms in total. The fraction of sp³-hybridized carbons (Fsp3) is 0.107. The van der Waals surface area contributed by atoms with Gasteiger partial charge in [0.25, 0.3) is 0 Å². The molecule has 0 aliphatic carbocycles. The largest absolute Gasteiger partial charge is 0.288 e. The summed E-state index contributed by atoms with van der Waals surface area (Å²) in [6.45, 7) is 4.68. The number of carbonyl (C=O) groups excluding carboxylic acids is 1. The molecule has 0 N–H and O–H groups in total.